The van der Waals surface area contributed by atoms with Crippen molar-refractivity contribution in [3.8, 4) is 5.75 Å². The van der Waals surface area contributed by atoms with E-state index in [0.717, 1.165) is 6.42 Å². The molecule has 0 unspecified atom stereocenters. The molecule has 0 aliphatic heterocycles. The number of hydrogen-bond acceptors (Lipinski definition) is 2. The van der Waals surface area contributed by atoms with Crippen LogP contribution in [0.1, 0.15) is 25.3 Å². The number of carbonyl (C=O) groups excluding carboxylic acids is 1. The summed E-state index contributed by atoms with van der Waals surface area (Å²) in [5.41, 5.74) is 1.29. The predicted molar refractivity (Wildman–Crippen MR) is 61.4 cm³/mol. The molecule has 0 saturated carbocycles. The lowest BCUT2D eigenvalue weighted by molar-refractivity contribution is -0.113. The Morgan fingerprint density at radius 3 is 2.53 bits per heavy atom. The number of hydrogen-bond donors (Lipinski definition) is 0. The molecular formula is C12H15ClO2. The van der Waals surface area contributed by atoms with Crippen LogP contribution in [0.25, 0.3) is 0 Å². The van der Waals surface area contributed by atoms with Gasteiger partial charge in [-0.2, -0.15) is 0 Å². The summed E-state index contributed by atoms with van der Waals surface area (Å²) in [5, 5.41) is -0.481. The van der Waals surface area contributed by atoms with E-state index in [1.165, 1.54) is 18.4 Å². The molecule has 0 N–H and O–H groups in total. The minimum Gasteiger partial charge on any atom is -0.484 e. The van der Waals surface area contributed by atoms with Gasteiger partial charge in [0.2, 0.25) is 0 Å². The maximum absolute atomic E-state index is 10.5. The second kappa shape index (κ2) is 6.46. The van der Waals surface area contributed by atoms with Crippen molar-refractivity contribution in [3.05, 3.63) is 29.8 Å². The molecule has 0 aliphatic carbocycles. The van der Waals surface area contributed by atoms with Gasteiger partial charge in [-0.25, -0.2) is 0 Å². The molecule has 0 atom stereocenters. The van der Waals surface area contributed by atoms with Crippen molar-refractivity contribution in [2.75, 3.05) is 6.61 Å². The average Bonchev–Trinajstić information content (AvgIpc) is 2.25. The highest BCUT2D eigenvalue weighted by atomic mass is 35.5. The lowest BCUT2D eigenvalue weighted by Crippen LogP contribution is -2.04. The second-order valence-electron chi connectivity index (χ2n) is 3.39. The largest absolute Gasteiger partial charge is 0.484 e. The zero-order chi connectivity index (χ0) is 11.1. The normalized spacial score (nSPS) is 10.0. The van der Waals surface area contributed by atoms with Crippen molar-refractivity contribution in [1.29, 1.82) is 0 Å². The summed E-state index contributed by atoms with van der Waals surface area (Å²) < 4.78 is 5.15. The van der Waals surface area contributed by atoms with E-state index < -0.39 is 5.24 Å². The van der Waals surface area contributed by atoms with Crippen LogP contribution in [0.3, 0.4) is 0 Å². The van der Waals surface area contributed by atoms with Gasteiger partial charge >= 0.3 is 0 Å². The number of aryl methyl sites for hydroxylation is 1. The third-order valence-corrected chi connectivity index (χ3v) is 2.20. The van der Waals surface area contributed by atoms with Crippen molar-refractivity contribution in [2.24, 2.45) is 0 Å². The van der Waals surface area contributed by atoms with E-state index in [0.29, 0.717) is 5.75 Å². The monoisotopic (exact) mass is 226 g/mol. The molecule has 0 fully saturated rings. The number of unbranched alkanes of at least 4 members (excludes halogenated alkanes) is 1. The zero-order valence-electron chi connectivity index (χ0n) is 8.83. The first-order valence-electron chi connectivity index (χ1n) is 5.12. The number of benzene rings is 1. The topological polar surface area (TPSA) is 26.3 Å². The highest BCUT2D eigenvalue weighted by Gasteiger charge is 1.98. The molecule has 0 heterocycles. The van der Waals surface area contributed by atoms with Gasteiger partial charge in [0.25, 0.3) is 5.24 Å². The Hall–Kier alpha value is -1.02. The fraction of sp³-hybridized carbons (Fsp3) is 0.417. The highest BCUT2D eigenvalue weighted by molar-refractivity contribution is 6.63. The van der Waals surface area contributed by atoms with Crippen molar-refractivity contribution in [2.45, 2.75) is 26.2 Å². The van der Waals surface area contributed by atoms with Gasteiger partial charge in [-0.1, -0.05) is 25.5 Å². The lowest BCUT2D eigenvalue weighted by atomic mass is 10.1. The molecule has 1 rings (SSSR count). The molecular weight excluding hydrogens is 212 g/mol. The van der Waals surface area contributed by atoms with Crippen LogP contribution in [0.15, 0.2) is 24.3 Å². The van der Waals surface area contributed by atoms with Crippen molar-refractivity contribution < 1.29 is 9.53 Å². The standard InChI is InChI=1S/C12H15ClO2/c1-2-3-4-10-5-7-11(8-6-10)15-9-12(13)14/h5-8H,2-4,9H2,1H3. The van der Waals surface area contributed by atoms with Crippen LogP contribution < -0.4 is 4.74 Å². The van der Waals surface area contributed by atoms with E-state index in [1.54, 1.807) is 0 Å². The first-order chi connectivity index (χ1) is 7.22. The number of ether oxygens (including phenoxy) is 1. The molecule has 0 bridgehead atoms. The summed E-state index contributed by atoms with van der Waals surface area (Å²) >= 11 is 5.16. The maximum atomic E-state index is 10.5. The smallest absolute Gasteiger partial charge is 0.259 e. The Morgan fingerprint density at radius 1 is 1.33 bits per heavy atom. The van der Waals surface area contributed by atoms with Crippen LogP contribution in [-0.2, 0) is 11.2 Å². The molecule has 1 aromatic carbocycles. The molecule has 82 valence electrons. The number of carbonyl (C=O) groups is 1. The first kappa shape index (κ1) is 12.1. The summed E-state index contributed by atoms with van der Waals surface area (Å²) in [4.78, 5) is 10.5. The Kier molecular flexibility index (Phi) is 5.19. The number of rotatable bonds is 6. The summed E-state index contributed by atoms with van der Waals surface area (Å²) in [6.07, 6.45) is 3.48. The molecule has 1 aromatic rings. The minimum atomic E-state index is -0.481. The lowest BCUT2D eigenvalue weighted by Gasteiger charge is -2.04. The van der Waals surface area contributed by atoms with Crippen molar-refractivity contribution in [3.63, 3.8) is 0 Å². The molecule has 0 radical (unpaired) electrons. The van der Waals surface area contributed by atoms with Gasteiger partial charge in [-0.15, -0.1) is 0 Å². The Balaban J connectivity index is 2.45. The van der Waals surface area contributed by atoms with Gasteiger partial charge in [-0.05, 0) is 42.1 Å². The van der Waals surface area contributed by atoms with E-state index >= 15 is 0 Å². The van der Waals surface area contributed by atoms with Crippen LogP contribution in [-0.4, -0.2) is 11.8 Å². The molecule has 0 saturated heterocycles. The van der Waals surface area contributed by atoms with E-state index in [4.69, 9.17) is 16.3 Å². The fourth-order valence-corrected chi connectivity index (χ4v) is 1.33. The van der Waals surface area contributed by atoms with Crippen LogP contribution in [0.5, 0.6) is 5.75 Å². The molecule has 15 heavy (non-hydrogen) atoms. The molecule has 0 aliphatic rings. The van der Waals surface area contributed by atoms with Crippen LogP contribution in [0, 0.1) is 0 Å². The first-order valence-corrected chi connectivity index (χ1v) is 5.50. The second-order valence-corrected chi connectivity index (χ2v) is 3.81. The van der Waals surface area contributed by atoms with Gasteiger partial charge < -0.3 is 4.74 Å². The highest BCUT2D eigenvalue weighted by Crippen LogP contribution is 2.13. The Labute approximate surface area is 95.2 Å². The van der Waals surface area contributed by atoms with E-state index in [2.05, 4.69) is 6.92 Å². The van der Waals surface area contributed by atoms with Gasteiger partial charge in [0.15, 0.2) is 6.61 Å². The summed E-state index contributed by atoms with van der Waals surface area (Å²) in [6.45, 7) is 2.10. The SMILES string of the molecule is CCCCc1ccc(OCC(=O)Cl)cc1. The summed E-state index contributed by atoms with van der Waals surface area (Å²) in [7, 11) is 0. The van der Waals surface area contributed by atoms with E-state index in [9.17, 15) is 4.79 Å². The van der Waals surface area contributed by atoms with Gasteiger partial charge in [0.1, 0.15) is 5.75 Å². The third kappa shape index (κ3) is 4.84. The Bertz CT molecular complexity index is 306. The van der Waals surface area contributed by atoms with Gasteiger partial charge in [-0.3, -0.25) is 4.79 Å². The zero-order valence-corrected chi connectivity index (χ0v) is 9.59. The maximum Gasteiger partial charge on any atom is 0.259 e. The van der Waals surface area contributed by atoms with E-state index in [1.807, 2.05) is 24.3 Å². The number of halogens is 1. The average molecular weight is 227 g/mol. The quantitative estimate of drug-likeness (QED) is 0.697. The van der Waals surface area contributed by atoms with Gasteiger partial charge in [0.05, 0.1) is 0 Å². The molecule has 2 nitrogen and oxygen atoms in total. The molecule has 0 amide bonds. The summed E-state index contributed by atoms with van der Waals surface area (Å²) in [5.74, 6) is 0.684. The summed E-state index contributed by atoms with van der Waals surface area (Å²) in [6, 6.07) is 7.77. The van der Waals surface area contributed by atoms with Crippen LogP contribution in [0.4, 0.5) is 0 Å². The van der Waals surface area contributed by atoms with Crippen molar-refractivity contribution >= 4 is 16.8 Å². The van der Waals surface area contributed by atoms with Crippen LogP contribution >= 0.6 is 11.6 Å². The molecule has 0 spiro atoms. The minimum absolute atomic E-state index is 0.0735. The van der Waals surface area contributed by atoms with Gasteiger partial charge in [0, 0.05) is 0 Å². The Morgan fingerprint density at radius 2 is 2.00 bits per heavy atom. The fourth-order valence-electron chi connectivity index (χ4n) is 1.27. The molecule has 3 heteroatoms. The van der Waals surface area contributed by atoms with Crippen LogP contribution in [0.2, 0.25) is 0 Å². The van der Waals surface area contributed by atoms with Crippen molar-refractivity contribution in [1.82, 2.24) is 0 Å². The van der Waals surface area contributed by atoms with E-state index in [-0.39, 0.29) is 6.61 Å². The predicted octanol–water partition coefficient (Wildman–Crippen LogP) is 3.17. The molecule has 0 aromatic heterocycles. The third-order valence-electron chi connectivity index (χ3n) is 2.09.